The van der Waals surface area contributed by atoms with Crippen LogP contribution < -0.4 is 0 Å². The van der Waals surface area contributed by atoms with Crippen LogP contribution in [0.3, 0.4) is 0 Å². The summed E-state index contributed by atoms with van der Waals surface area (Å²) >= 11 is 0. The van der Waals surface area contributed by atoms with Gasteiger partial charge in [0.15, 0.2) is 0 Å². The predicted molar refractivity (Wildman–Crippen MR) is 108 cm³/mol. The topological polar surface area (TPSA) is 22.8 Å². The molecule has 3 heteroatoms. The summed E-state index contributed by atoms with van der Waals surface area (Å²) in [5, 5.41) is 0. The SMILES string of the molecule is CC(C)(C)c1cc2n(c1)CC(CC(C)(C)c1cn3c(n1)CCCC3)CC2. The molecule has 4 rings (SSSR count). The fraction of sp³-hybridized carbons (Fsp3) is 0.696. The lowest BCUT2D eigenvalue weighted by molar-refractivity contribution is 0.282. The van der Waals surface area contributed by atoms with Crippen LogP contribution in [0.4, 0.5) is 0 Å². The highest BCUT2D eigenvalue weighted by atomic mass is 15.1. The largest absolute Gasteiger partial charge is 0.351 e. The van der Waals surface area contributed by atoms with Gasteiger partial charge in [0.2, 0.25) is 0 Å². The normalized spacial score (nSPS) is 20.7. The van der Waals surface area contributed by atoms with E-state index in [2.05, 4.69) is 62.2 Å². The molecule has 0 saturated heterocycles. The Morgan fingerprint density at radius 2 is 1.85 bits per heavy atom. The first kappa shape index (κ1) is 17.9. The second kappa shape index (κ2) is 6.28. The Morgan fingerprint density at radius 1 is 1.04 bits per heavy atom. The van der Waals surface area contributed by atoms with Crippen LogP contribution in [0.2, 0.25) is 0 Å². The number of hydrogen-bond donors (Lipinski definition) is 0. The van der Waals surface area contributed by atoms with E-state index in [1.165, 1.54) is 61.4 Å². The zero-order valence-corrected chi connectivity index (χ0v) is 17.3. The molecule has 0 spiro atoms. The second-order valence-electron chi connectivity index (χ2n) is 10.3. The molecule has 26 heavy (non-hydrogen) atoms. The van der Waals surface area contributed by atoms with Gasteiger partial charge in [-0.25, -0.2) is 4.98 Å². The maximum atomic E-state index is 5.02. The van der Waals surface area contributed by atoms with Crippen LogP contribution in [-0.2, 0) is 36.8 Å². The number of rotatable bonds is 3. The van der Waals surface area contributed by atoms with Gasteiger partial charge in [-0.1, -0.05) is 34.6 Å². The maximum absolute atomic E-state index is 5.02. The van der Waals surface area contributed by atoms with Gasteiger partial charge < -0.3 is 9.13 Å². The minimum Gasteiger partial charge on any atom is -0.351 e. The number of imidazole rings is 1. The Kier molecular flexibility index (Phi) is 4.32. The molecule has 4 heterocycles. The molecule has 2 aromatic rings. The zero-order valence-electron chi connectivity index (χ0n) is 17.3. The molecular formula is C23H35N3. The molecule has 2 aromatic heterocycles. The summed E-state index contributed by atoms with van der Waals surface area (Å²) in [5.41, 5.74) is 4.72. The Balaban J connectivity index is 1.49. The van der Waals surface area contributed by atoms with Crippen molar-refractivity contribution in [2.24, 2.45) is 5.92 Å². The van der Waals surface area contributed by atoms with E-state index in [0.29, 0.717) is 0 Å². The van der Waals surface area contributed by atoms with E-state index in [1.807, 2.05) is 0 Å². The van der Waals surface area contributed by atoms with Crippen molar-refractivity contribution < 1.29 is 0 Å². The summed E-state index contributed by atoms with van der Waals surface area (Å²) in [7, 11) is 0. The summed E-state index contributed by atoms with van der Waals surface area (Å²) in [6, 6.07) is 2.44. The number of aromatic nitrogens is 3. The fourth-order valence-corrected chi connectivity index (χ4v) is 4.80. The van der Waals surface area contributed by atoms with Crippen LogP contribution >= 0.6 is 0 Å². The third kappa shape index (κ3) is 3.37. The highest BCUT2D eigenvalue weighted by Crippen LogP contribution is 2.36. The van der Waals surface area contributed by atoms with Crippen molar-refractivity contribution in [1.82, 2.24) is 14.1 Å². The van der Waals surface area contributed by atoms with Crippen LogP contribution in [0.1, 0.15) is 83.1 Å². The van der Waals surface area contributed by atoms with E-state index in [4.69, 9.17) is 4.98 Å². The molecule has 0 radical (unpaired) electrons. The van der Waals surface area contributed by atoms with Gasteiger partial charge in [-0.05, 0) is 55.1 Å². The smallest absolute Gasteiger partial charge is 0.108 e. The summed E-state index contributed by atoms with van der Waals surface area (Å²) in [4.78, 5) is 5.02. The quantitative estimate of drug-likeness (QED) is 0.739. The minimum atomic E-state index is 0.159. The first-order valence-corrected chi connectivity index (χ1v) is 10.5. The average molecular weight is 354 g/mol. The molecule has 3 nitrogen and oxygen atoms in total. The van der Waals surface area contributed by atoms with E-state index in [1.54, 1.807) is 0 Å². The molecule has 142 valence electrons. The first-order valence-electron chi connectivity index (χ1n) is 10.5. The van der Waals surface area contributed by atoms with Gasteiger partial charge in [0, 0.05) is 43.0 Å². The lowest BCUT2D eigenvalue weighted by Crippen LogP contribution is -2.28. The molecule has 0 amide bonds. The third-order valence-corrected chi connectivity index (χ3v) is 6.52. The van der Waals surface area contributed by atoms with E-state index < -0.39 is 0 Å². The number of nitrogens with zero attached hydrogens (tertiary/aromatic N) is 3. The summed E-state index contributed by atoms with van der Waals surface area (Å²) < 4.78 is 4.93. The van der Waals surface area contributed by atoms with Crippen molar-refractivity contribution in [3.05, 3.63) is 41.2 Å². The molecule has 1 unspecified atom stereocenters. The molecule has 2 aliphatic rings. The van der Waals surface area contributed by atoms with Crippen molar-refractivity contribution in [3.63, 3.8) is 0 Å². The van der Waals surface area contributed by atoms with Gasteiger partial charge in [-0.2, -0.15) is 0 Å². The monoisotopic (exact) mass is 353 g/mol. The molecule has 0 fully saturated rings. The van der Waals surface area contributed by atoms with Crippen molar-refractivity contribution in [2.45, 2.75) is 97.1 Å². The van der Waals surface area contributed by atoms with E-state index in [-0.39, 0.29) is 10.8 Å². The summed E-state index contributed by atoms with van der Waals surface area (Å²) in [5.74, 6) is 2.06. The van der Waals surface area contributed by atoms with E-state index >= 15 is 0 Å². The lowest BCUT2D eigenvalue weighted by Gasteiger charge is -2.32. The van der Waals surface area contributed by atoms with Gasteiger partial charge in [-0.3, -0.25) is 0 Å². The van der Waals surface area contributed by atoms with Gasteiger partial charge in [-0.15, -0.1) is 0 Å². The van der Waals surface area contributed by atoms with E-state index in [9.17, 15) is 0 Å². The van der Waals surface area contributed by atoms with Crippen LogP contribution in [0.5, 0.6) is 0 Å². The summed E-state index contributed by atoms with van der Waals surface area (Å²) in [6.07, 6.45) is 12.3. The molecule has 0 aromatic carbocycles. The van der Waals surface area contributed by atoms with Crippen molar-refractivity contribution in [3.8, 4) is 0 Å². The molecule has 1 atom stereocenters. The van der Waals surface area contributed by atoms with Gasteiger partial charge in [0.1, 0.15) is 5.82 Å². The molecule has 0 aliphatic carbocycles. The molecule has 0 bridgehead atoms. The fourth-order valence-electron chi connectivity index (χ4n) is 4.80. The van der Waals surface area contributed by atoms with Gasteiger partial charge >= 0.3 is 0 Å². The number of fused-ring (bicyclic) bond motifs is 2. The third-order valence-electron chi connectivity index (χ3n) is 6.52. The molecule has 0 saturated carbocycles. The Bertz CT molecular complexity index is 761. The minimum absolute atomic E-state index is 0.159. The Labute approximate surface area is 158 Å². The van der Waals surface area contributed by atoms with Crippen molar-refractivity contribution >= 4 is 0 Å². The predicted octanol–water partition coefficient (Wildman–Crippen LogP) is 5.25. The number of aryl methyl sites for hydroxylation is 3. The van der Waals surface area contributed by atoms with Gasteiger partial charge in [0.25, 0.3) is 0 Å². The Morgan fingerprint density at radius 3 is 2.58 bits per heavy atom. The Hall–Kier alpha value is -1.51. The van der Waals surface area contributed by atoms with Crippen molar-refractivity contribution in [2.75, 3.05) is 0 Å². The highest BCUT2D eigenvalue weighted by molar-refractivity contribution is 5.27. The molecular weight excluding hydrogens is 318 g/mol. The van der Waals surface area contributed by atoms with Crippen LogP contribution in [-0.4, -0.2) is 14.1 Å². The van der Waals surface area contributed by atoms with Crippen molar-refractivity contribution in [1.29, 1.82) is 0 Å². The first-order chi connectivity index (χ1) is 12.2. The zero-order chi connectivity index (χ0) is 18.5. The van der Waals surface area contributed by atoms with Crippen LogP contribution in [0.15, 0.2) is 18.5 Å². The molecule has 0 N–H and O–H groups in total. The standard InChI is InChI=1S/C23H35N3/c1-22(2,3)18-12-19-10-9-17(14-26(19)15-18)13-23(4,5)20-16-25-11-7-6-8-21(25)24-20/h12,15-17H,6-11,13-14H2,1-5H3. The summed E-state index contributed by atoms with van der Waals surface area (Å²) in [6.45, 7) is 14.1. The van der Waals surface area contributed by atoms with Crippen LogP contribution in [0.25, 0.3) is 0 Å². The van der Waals surface area contributed by atoms with Crippen LogP contribution in [0, 0.1) is 5.92 Å². The van der Waals surface area contributed by atoms with E-state index in [0.717, 1.165) is 18.9 Å². The number of hydrogen-bond acceptors (Lipinski definition) is 1. The average Bonchev–Trinajstić information content (AvgIpc) is 3.18. The highest BCUT2D eigenvalue weighted by Gasteiger charge is 2.31. The lowest BCUT2D eigenvalue weighted by atomic mass is 9.78. The maximum Gasteiger partial charge on any atom is 0.108 e. The van der Waals surface area contributed by atoms with Gasteiger partial charge in [0.05, 0.1) is 5.69 Å². The second-order valence-corrected chi connectivity index (χ2v) is 10.3. The molecule has 2 aliphatic heterocycles.